The summed E-state index contributed by atoms with van der Waals surface area (Å²) >= 11 is 1.47. The monoisotopic (exact) mass is 314 g/mol. The molecule has 2 bridgehead atoms. The topological polar surface area (TPSA) is 52.6 Å². The molecule has 1 amide bonds. The molecule has 4 rings (SSSR count). The highest BCUT2D eigenvalue weighted by atomic mass is 32.1. The Hall–Kier alpha value is -1.85. The highest BCUT2D eigenvalue weighted by Gasteiger charge is 2.38. The maximum atomic E-state index is 12.4. The smallest absolute Gasteiger partial charge is 0.261 e. The first-order valence-electron chi connectivity index (χ1n) is 7.61. The van der Waals surface area contributed by atoms with Crippen molar-refractivity contribution in [2.45, 2.75) is 12.5 Å². The zero-order chi connectivity index (χ0) is 15.1. The van der Waals surface area contributed by atoms with Gasteiger partial charge in [0, 0.05) is 24.0 Å². The van der Waals surface area contributed by atoms with E-state index in [0.717, 1.165) is 28.4 Å². The molecule has 2 fully saturated rings. The zero-order valence-corrected chi connectivity index (χ0v) is 13.0. The number of benzene rings is 1. The largest absolute Gasteiger partial charge is 0.508 e. The number of hydrogen-bond acceptors (Lipinski definition) is 4. The molecule has 0 spiro atoms. The maximum Gasteiger partial charge on any atom is 0.261 e. The minimum absolute atomic E-state index is 0.0233. The van der Waals surface area contributed by atoms with Crippen molar-refractivity contribution in [3.8, 4) is 16.2 Å². The molecule has 2 aromatic rings. The number of phenolic OH excluding ortho intramolecular Hbond substituents is 1. The molecule has 4 nitrogen and oxygen atoms in total. The Morgan fingerprint density at radius 1 is 1.27 bits per heavy atom. The van der Waals surface area contributed by atoms with E-state index in [9.17, 15) is 9.90 Å². The van der Waals surface area contributed by atoms with Gasteiger partial charge in [-0.3, -0.25) is 4.79 Å². The number of phenols is 1. The van der Waals surface area contributed by atoms with Crippen LogP contribution in [-0.4, -0.2) is 41.6 Å². The lowest BCUT2D eigenvalue weighted by Crippen LogP contribution is -2.42. The lowest BCUT2D eigenvalue weighted by atomic mass is 10.00. The minimum Gasteiger partial charge on any atom is -0.508 e. The summed E-state index contributed by atoms with van der Waals surface area (Å²) in [4.78, 5) is 16.6. The third-order valence-electron chi connectivity index (χ3n) is 4.61. The summed E-state index contributed by atoms with van der Waals surface area (Å²) in [6, 6.07) is 11.2. The Morgan fingerprint density at radius 2 is 2.18 bits per heavy atom. The average Bonchev–Trinajstić information content (AvgIpc) is 3.23. The van der Waals surface area contributed by atoms with Gasteiger partial charge in [0.15, 0.2) is 0 Å². The quantitative estimate of drug-likeness (QED) is 0.915. The Labute approximate surface area is 133 Å². The van der Waals surface area contributed by atoms with Crippen molar-refractivity contribution in [1.29, 1.82) is 0 Å². The van der Waals surface area contributed by atoms with Gasteiger partial charge in [-0.25, -0.2) is 0 Å². The van der Waals surface area contributed by atoms with Crippen LogP contribution in [0.25, 0.3) is 10.4 Å². The number of amides is 1. The zero-order valence-electron chi connectivity index (χ0n) is 12.2. The van der Waals surface area contributed by atoms with Gasteiger partial charge in [0.1, 0.15) is 5.75 Å². The predicted molar refractivity (Wildman–Crippen MR) is 87.2 cm³/mol. The second-order valence-electron chi connectivity index (χ2n) is 6.10. The summed E-state index contributed by atoms with van der Waals surface area (Å²) in [6.07, 6.45) is 1.20. The number of aromatic hydroxyl groups is 1. The van der Waals surface area contributed by atoms with Gasteiger partial charge in [-0.2, -0.15) is 0 Å². The number of hydrogen-bond donors (Lipinski definition) is 2. The molecule has 5 heteroatoms. The van der Waals surface area contributed by atoms with Gasteiger partial charge < -0.3 is 15.3 Å². The molecule has 3 heterocycles. The third-order valence-corrected chi connectivity index (χ3v) is 5.74. The van der Waals surface area contributed by atoms with Crippen molar-refractivity contribution in [3.05, 3.63) is 41.3 Å². The fraction of sp³-hybridized carbons (Fsp3) is 0.353. The fourth-order valence-electron chi connectivity index (χ4n) is 3.46. The van der Waals surface area contributed by atoms with Crippen LogP contribution < -0.4 is 5.32 Å². The van der Waals surface area contributed by atoms with E-state index in [-0.39, 0.29) is 11.7 Å². The van der Waals surface area contributed by atoms with E-state index in [2.05, 4.69) is 10.2 Å². The van der Waals surface area contributed by atoms with Crippen LogP contribution in [0.1, 0.15) is 16.1 Å². The average molecular weight is 314 g/mol. The number of nitrogens with zero attached hydrogens (tertiary/aromatic N) is 1. The summed E-state index contributed by atoms with van der Waals surface area (Å²) in [5.41, 5.74) is 0.940. The van der Waals surface area contributed by atoms with Crippen molar-refractivity contribution in [2.75, 3.05) is 19.6 Å². The van der Waals surface area contributed by atoms with Crippen LogP contribution >= 0.6 is 11.3 Å². The van der Waals surface area contributed by atoms with Gasteiger partial charge in [0.05, 0.1) is 4.88 Å². The van der Waals surface area contributed by atoms with Gasteiger partial charge in [0.25, 0.3) is 5.91 Å². The number of rotatable bonds is 3. The standard InChI is InChI=1S/C17H18N2O2S/c20-13-3-1-2-11(8-13)15-4-5-16(22-15)17(21)18-14-10-19-7-6-12(14)9-19/h1-5,8,12,14,20H,6-7,9-10H2,(H,18,21)/t12-,14+/m1/s1. The summed E-state index contributed by atoms with van der Waals surface area (Å²) in [7, 11) is 0. The number of carbonyl (C=O) groups excluding carboxylic acids is 1. The highest BCUT2D eigenvalue weighted by Crippen LogP contribution is 2.31. The van der Waals surface area contributed by atoms with E-state index >= 15 is 0 Å². The van der Waals surface area contributed by atoms with Crippen LogP contribution in [0.3, 0.4) is 0 Å². The summed E-state index contributed by atoms with van der Waals surface area (Å²) in [5, 5.41) is 12.7. The van der Waals surface area contributed by atoms with Crippen molar-refractivity contribution >= 4 is 17.2 Å². The highest BCUT2D eigenvalue weighted by molar-refractivity contribution is 7.17. The predicted octanol–water partition coefficient (Wildman–Crippen LogP) is 2.55. The van der Waals surface area contributed by atoms with Gasteiger partial charge in [-0.05, 0) is 48.7 Å². The SMILES string of the molecule is O=C(N[C@H]1CN2CC[C@@H]1C2)c1ccc(-c2cccc(O)c2)s1. The van der Waals surface area contributed by atoms with E-state index in [1.165, 1.54) is 24.3 Å². The molecule has 2 aliphatic rings. The van der Waals surface area contributed by atoms with E-state index < -0.39 is 0 Å². The number of nitrogens with one attached hydrogen (secondary N) is 1. The maximum absolute atomic E-state index is 12.4. The molecular formula is C17H18N2O2S. The Balaban J connectivity index is 1.48. The minimum atomic E-state index is 0.0233. The molecule has 3 atom stereocenters. The molecular weight excluding hydrogens is 296 g/mol. The van der Waals surface area contributed by atoms with E-state index in [0.29, 0.717) is 12.0 Å². The van der Waals surface area contributed by atoms with Crippen molar-refractivity contribution in [1.82, 2.24) is 10.2 Å². The second-order valence-corrected chi connectivity index (χ2v) is 7.19. The van der Waals surface area contributed by atoms with E-state index in [1.807, 2.05) is 24.3 Å². The number of fused-ring (bicyclic) bond motifs is 2. The van der Waals surface area contributed by atoms with Gasteiger partial charge in [-0.1, -0.05) is 12.1 Å². The van der Waals surface area contributed by atoms with Crippen molar-refractivity contribution < 1.29 is 9.90 Å². The van der Waals surface area contributed by atoms with Gasteiger partial charge in [-0.15, -0.1) is 11.3 Å². The van der Waals surface area contributed by atoms with E-state index in [1.54, 1.807) is 12.1 Å². The first-order valence-corrected chi connectivity index (χ1v) is 8.43. The summed E-state index contributed by atoms with van der Waals surface area (Å²) < 4.78 is 0. The molecule has 1 aromatic heterocycles. The van der Waals surface area contributed by atoms with Crippen LogP contribution in [0.4, 0.5) is 0 Å². The second kappa shape index (κ2) is 5.41. The molecule has 0 saturated carbocycles. The van der Waals surface area contributed by atoms with Crippen LogP contribution in [0.5, 0.6) is 5.75 Å². The van der Waals surface area contributed by atoms with E-state index in [4.69, 9.17) is 0 Å². The fourth-order valence-corrected chi connectivity index (χ4v) is 4.37. The Morgan fingerprint density at radius 3 is 2.91 bits per heavy atom. The van der Waals surface area contributed by atoms with Crippen LogP contribution in [0, 0.1) is 5.92 Å². The summed E-state index contributed by atoms with van der Waals surface area (Å²) in [6.45, 7) is 3.29. The lowest BCUT2D eigenvalue weighted by Gasteiger charge is -2.22. The molecule has 114 valence electrons. The van der Waals surface area contributed by atoms with Gasteiger partial charge >= 0.3 is 0 Å². The molecule has 22 heavy (non-hydrogen) atoms. The normalized spacial score (nSPS) is 26.3. The molecule has 1 aromatic carbocycles. The van der Waals surface area contributed by atoms with Gasteiger partial charge in [0.2, 0.25) is 0 Å². The molecule has 0 radical (unpaired) electrons. The van der Waals surface area contributed by atoms with Crippen LogP contribution in [0.2, 0.25) is 0 Å². The van der Waals surface area contributed by atoms with Crippen LogP contribution in [-0.2, 0) is 0 Å². The van der Waals surface area contributed by atoms with Crippen LogP contribution in [0.15, 0.2) is 36.4 Å². The summed E-state index contributed by atoms with van der Waals surface area (Å²) in [5.74, 6) is 0.887. The van der Waals surface area contributed by atoms with Crippen molar-refractivity contribution in [3.63, 3.8) is 0 Å². The lowest BCUT2D eigenvalue weighted by molar-refractivity contribution is 0.0928. The molecule has 1 unspecified atom stereocenters. The number of carbonyl (C=O) groups is 1. The molecule has 0 aliphatic carbocycles. The third kappa shape index (κ3) is 2.51. The number of piperidine rings is 1. The number of thiophene rings is 1. The Bertz CT molecular complexity index is 712. The van der Waals surface area contributed by atoms with Crippen molar-refractivity contribution in [2.24, 2.45) is 5.92 Å². The molecule has 2 saturated heterocycles. The first kappa shape index (κ1) is 13.8. The molecule has 2 aliphatic heterocycles. The Kier molecular flexibility index (Phi) is 3.39. The first-order chi connectivity index (χ1) is 10.7. The molecule has 2 N–H and O–H groups in total.